The molecule has 0 fully saturated rings. The van der Waals surface area contributed by atoms with Crippen LogP contribution in [0, 0.1) is 0 Å². The molecule has 0 saturated heterocycles. The van der Waals surface area contributed by atoms with Gasteiger partial charge in [0.1, 0.15) is 5.75 Å². The van der Waals surface area contributed by atoms with E-state index >= 15 is 0 Å². The largest absolute Gasteiger partial charge is 0.491 e. The zero-order valence-corrected chi connectivity index (χ0v) is 18.8. The van der Waals surface area contributed by atoms with Crippen LogP contribution in [0.3, 0.4) is 0 Å². The molecule has 7 heteroatoms. The Hall–Kier alpha value is -3.06. The van der Waals surface area contributed by atoms with Crippen molar-refractivity contribution in [3.05, 3.63) is 65.2 Å². The van der Waals surface area contributed by atoms with Gasteiger partial charge in [0.2, 0.25) is 0 Å². The highest BCUT2D eigenvalue weighted by atomic mass is 16.5. The second kappa shape index (κ2) is 12.6. The molecule has 2 rings (SSSR count). The number of nitrogens with zero attached hydrogens (tertiary/aromatic N) is 1. The van der Waals surface area contributed by atoms with E-state index in [-0.39, 0.29) is 12.0 Å². The van der Waals surface area contributed by atoms with Crippen LogP contribution in [0.5, 0.6) is 5.75 Å². The lowest BCUT2D eigenvalue weighted by molar-refractivity contribution is 0.0955. The molecule has 7 nitrogen and oxygen atoms in total. The molecule has 0 aliphatic heterocycles. The fraction of sp³-hybridized carbons (Fsp3) is 0.417. The molecule has 0 spiro atoms. The summed E-state index contributed by atoms with van der Waals surface area (Å²) in [6.07, 6.45) is -0.573. The molecule has 4 N–H and O–H groups in total. The normalized spacial score (nSPS) is 12.4. The first-order valence-corrected chi connectivity index (χ1v) is 10.8. The van der Waals surface area contributed by atoms with Crippen molar-refractivity contribution in [3.8, 4) is 5.75 Å². The molecule has 0 aliphatic rings. The van der Waals surface area contributed by atoms with Crippen LogP contribution >= 0.6 is 0 Å². The number of aliphatic hydroxyl groups is 1. The number of nitrogens with one attached hydrogen (secondary N) is 3. The standard InChI is InChI=1S/C24H34N4O3/c1-5-25-23(30)20-9-7-8-18(14-20)15-27-24(26-6-2)28-16-22(29)19-10-12-21(13-11-19)31-17(3)4/h7-14,17,22,29H,5-6,15-16H2,1-4H3,(H,25,30)(H2,26,27,28). The molecule has 0 radical (unpaired) electrons. The number of guanidine groups is 1. The summed E-state index contributed by atoms with van der Waals surface area (Å²) >= 11 is 0. The first-order valence-electron chi connectivity index (χ1n) is 10.8. The Bertz CT molecular complexity index is 850. The maximum Gasteiger partial charge on any atom is 0.251 e. The van der Waals surface area contributed by atoms with Crippen LogP contribution in [0.25, 0.3) is 0 Å². The van der Waals surface area contributed by atoms with Gasteiger partial charge in [0.15, 0.2) is 5.96 Å². The molecule has 0 bridgehead atoms. The minimum atomic E-state index is -0.682. The Morgan fingerprint density at radius 3 is 2.39 bits per heavy atom. The number of benzene rings is 2. The lowest BCUT2D eigenvalue weighted by atomic mass is 10.1. The highest BCUT2D eigenvalue weighted by Gasteiger charge is 2.10. The number of aliphatic imine (C=N–C) groups is 1. The second-order valence-electron chi connectivity index (χ2n) is 7.39. The first kappa shape index (κ1) is 24.2. The quantitative estimate of drug-likeness (QED) is 0.346. The minimum Gasteiger partial charge on any atom is -0.491 e. The van der Waals surface area contributed by atoms with E-state index in [4.69, 9.17) is 4.74 Å². The zero-order valence-electron chi connectivity index (χ0n) is 18.8. The number of amides is 1. The van der Waals surface area contributed by atoms with E-state index in [1.165, 1.54) is 0 Å². The highest BCUT2D eigenvalue weighted by Crippen LogP contribution is 2.18. The van der Waals surface area contributed by atoms with Crippen LogP contribution in [-0.2, 0) is 6.54 Å². The molecular formula is C24H34N4O3. The predicted molar refractivity (Wildman–Crippen MR) is 124 cm³/mol. The maximum atomic E-state index is 12.0. The third-order valence-electron chi connectivity index (χ3n) is 4.39. The summed E-state index contributed by atoms with van der Waals surface area (Å²) in [6.45, 7) is 9.84. The van der Waals surface area contributed by atoms with Crippen molar-refractivity contribution in [2.75, 3.05) is 19.6 Å². The van der Waals surface area contributed by atoms with Gasteiger partial charge < -0.3 is 25.8 Å². The van der Waals surface area contributed by atoms with E-state index in [2.05, 4.69) is 20.9 Å². The first-order chi connectivity index (χ1) is 14.9. The number of ether oxygens (including phenoxy) is 1. The van der Waals surface area contributed by atoms with E-state index in [9.17, 15) is 9.90 Å². The summed E-state index contributed by atoms with van der Waals surface area (Å²) in [5, 5.41) is 19.7. The molecule has 1 unspecified atom stereocenters. The summed E-state index contributed by atoms with van der Waals surface area (Å²) < 4.78 is 5.64. The summed E-state index contributed by atoms with van der Waals surface area (Å²) in [4.78, 5) is 16.6. The van der Waals surface area contributed by atoms with E-state index in [0.29, 0.717) is 37.7 Å². The van der Waals surface area contributed by atoms with E-state index in [0.717, 1.165) is 16.9 Å². The lowest BCUT2D eigenvalue weighted by Crippen LogP contribution is -2.39. The Balaban J connectivity index is 1.97. The van der Waals surface area contributed by atoms with Gasteiger partial charge in [-0.1, -0.05) is 24.3 Å². The average Bonchev–Trinajstić information content (AvgIpc) is 2.76. The fourth-order valence-electron chi connectivity index (χ4n) is 2.94. The molecule has 0 heterocycles. The molecule has 31 heavy (non-hydrogen) atoms. The van der Waals surface area contributed by atoms with Crippen LogP contribution in [0.15, 0.2) is 53.5 Å². The van der Waals surface area contributed by atoms with Crippen molar-refractivity contribution in [2.24, 2.45) is 4.99 Å². The number of aliphatic hydroxyl groups excluding tert-OH is 1. The molecule has 168 valence electrons. The van der Waals surface area contributed by atoms with Gasteiger partial charge in [-0.15, -0.1) is 0 Å². The summed E-state index contributed by atoms with van der Waals surface area (Å²) in [6, 6.07) is 14.9. The van der Waals surface area contributed by atoms with Gasteiger partial charge in [-0.2, -0.15) is 0 Å². The Kier molecular flexibility index (Phi) is 9.84. The number of carbonyl (C=O) groups is 1. The van der Waals surface area contributed by atoms with Crippen LogP contribution in [0.2, 0.25) is 0 Å². The predicted octanol–water partition coefficient (Wildman–Crippen LogP) is 3.01. The maximum absolute atomic E-state index is 12.0. The van der Waals surface area contributed by atoms with E-state index in [1.807, 2.05) is 70.2 Å². The van der Waals surface area contributed by atoms with Crippen molar-refractivity contribution in [1.82, 2.24) is 16.0 Å². The summed E-state index contributed by atoms with van der Waals surface area (Å²) in [7, 11) is 0. The van der Waals surface area contributed by atoms with Gasteiger partial charge in [-0.05, 0) is 63.1 Å². The topological polar surface area (TPSA) is 95.0 Å². The van der Waals surface area contributed by atoms with Crippen LogP contribution in [0.4, 0.5) is 0 Å². The zero-order chi connectivity index (χ0) is 22.6. The number of hydrogen-bond donors (Lipinski definition) is 4. The van der Waals surface area contributed by atoms with Crippen molar-refractivity contribution < 1.29 is 14.6 Å². The van der Waals surface area contributed by atoms with Crippen LogP contribution < -0.4 is 20.7 Å². The van der Waals surface area contributed by atoms with E-state index < -0.39 is 6.10 Å². The number of carbonyl (C=O) groups excluding carboxylic acids is 1. The third-order valence-corrected chi connectivity index (χ3v) is 4.39. The molecule has 0 aromatic heterocycles. The molecule has 2 aromatic rings. The molecule has 1 amide bonds. The molecule has 2 aromatic carbocycles. The smallest absolute Gasteiger partial charge is 0.251 e. The van der Waals surface area contributed by atoms with Gasteiger partial charge in [0.25, 0.3) is 5.91 Å². The Labute approximate surface area is 184 Å². The lowest BCUT2D eigenvalue weighted by Gasteiger charge is -2.16. The Morgan fingerprint density at radius 2 is 1.74 bits per heavy atom. The van der Waals surface area contributed by atoms with Gasteiger partial charge >= 0.3 is 0 Å². The number of hydrogen-bond acceptors (Lipinski definition) is 4. The van der Waals surface area contributed by atoms with Gasteiger partial charge in [-0.3, -0.25) is 4.79 Å². The second-order valence-corrected chi connectivity index (χ2v) is 7.39. The van der Waals surface area contributed by atoms with Crippen molar-refractivity contribution >= 4 is 11.9 Å². The third kappa shape index (κ3) is 8.30. The monoisotopic (exact) mass is 426 g/mol. The highest BCUT2D eigenvalue weighted by molar-refractivity contribution is 5.94. The van der Waals surface area contributed by atoms with Crippen LogP contribution in [-0.4, -0.2) is 42.7 Å². The SMILES string of the molecule is CCNC(=O)c1cccc(CN=C(NCC)NCC(O)c2ccc(OC(C)C)cc2)c1. The van der Waals surface area contributed by atoms with Crippen molar-refractivity contribution in [3.63, 3.8) is 0 Å². The van der Waals surface area contributed by atoms with Crippen molar-refractivity contribution in [2.45, 2.75) is 46.4 Å². The molecular weight excluding hydrogens is 392 g/mol. The molecule has 0 aliphatic carbocycles. The van der Waals surface area contributed by atoms with Gasteiger partial charge in [0, 0.05) is 25.2 Å². The molecule has 1 atom stereocenters. The summed E-state index contributed by atoms with van der Waals surface area (Å²) in [5.41, 5.74) is 2.35. The van der Waals surface area contributed by atoms with E-state index in [1.54, 1.807) is 6.07 Å². The molecule has 0 saturated carbocycles. The van der Waals surface area contributed by atoms with Crippen LogP contribution in [0.1, 0.15) is 55.3 Å². The Morgan fingerprint density at radius 1 is 1.03 bits per heavy atom. The number of rotatable bonds is 10. The van der Waals surface area contributed by atoms with Crippen molar-refractivity contribution in [1.29, 1.82) is 0 Å². The fourth-order valence-corrected chi connectivity index (χ4v) is 2.94. The summed E-state index contributed by atoms with van der Waals surface area (Å²) in [5.74, 6) is 1.29. The minimum absolute atomic E-state index is 0.0914. The average molecular weight is 427 g/mol. The van der Waals surface area contributed by atoms with Gasteiger partial charge in [0.05, 0.1) is 18.8 Å². The van der Waals surface area contributed by atoms with Gasteiger partial charge in [-0.25, -0.2) is 4.99 Å².